The lowest BCUT2D eigenvalue weighted by Gasteiger charge is -2.65. The number of hydrogen-bond donors (Lipinski definition) is 3. The molecule has 12 nitrogen and oxygen atoms in total. The Bertz CT molecular complexity index is 2200. The molecule has 262 valence electrons. The van der Waals surface area contributed by atoms with E-state index in [0.29, 0.717) is 34.5 Å². The summed E-state index contributed by atoms with van der Waals surface area (Å²) < 4.78 is 2.94. The fourth-order valence-electron chi connectivity index (χ4n) is 10.5. The van der Waals surface area contributed by atoms with Crippen LogP contribution in [-0.4, -0.2) is 54.0 Å². The molecule has 4 aliphatic carbocycles. The number of carboxylic acids is 1. The zero-order valence-corrected chi connectivity index (χ0v) is 29.5. The van der Waals surface area contributed by atoms with E-state index in [1.54, 1.807) is 17.3 Å². The lowest BCUT2D eigenvalue weighted by molar-refractivity contribution is -0.224. The highest BCUT2D eigenvalue weighted by molar-refractivity contribution is 7.22. The van der Waals surface area contributed by atoms with Crippen LogP contribution in [0.15, 0.2) is 54.9 Å². The molecule has 4 aromatic heterocycles. The second kappa shape index (κ2) is 11.7. The number of nitrogens with two attached hydrogens (primary N) is 1. The van der Waals surface area contributed by atoms with Gasteiger partial charge in [0.1, 0.15) is 0 Å². The summed E-state index contributed by atoms with van der Waals surface area (Å²) in [5, 5.41) is 18.6. The number of pyridine rings is 2. The van der Waals surface area contributed by atoms with E-state index in [2.05, 4.69) is 27.2 Å². The second-order valence-corrected chi connectivity index (χ2v) is 16.7. The first-order valence-corrected chi connectivity index (χ1v) is 18.4. The van der Waals surface area contributed by atoms with E-state index in [9.17, 15) is 14.7 Å². The number of carbonyl (C=O) groups excluding carboxylic acids is 1. The van der Waals surface area contributed by atoms with Gasteiger partial charge in [-0.2, -0.15) is 10.1 Å². The molecule has 2 amide bonds. The van der Waals surface area contributed by atoms with Crippen molar-refractivity contribution >= 4 is 44.5 Å². The average molecular weight is 705 g/mol. The molecule has 0 saturated heterocycles. The van der Waals surface area contributed by atoms with Gasteiger partial charge in [0, 0.05) is 47.4 Å². The third-order valence-corrected chi connectivity index (χ3v) is 12.7. The van der Waals surface area contributed by atoms with Crippen molar-refractivity contribution in [2.75, 3.05) is 16.8 Å². The van der Waals surface area contributed by atoms with Gasteiger partial charge in [-0.15, -0.1) is 0 Å². The van der Waals surface area contributed by atoms with Gasteiger partial charge >= 0.3 is 12.0 Å². The number of carbonyl (C=O) groups is 2. The maximum absolute atomic E-state index is 13.5. The normalized spacial score (nSPS) is 26.4. The molecular weight excluding hydrogens is 665 g/mol. The standard InChI is InChI=1S/C38H40N8O4S/c1-22-27(17-41-46(22)21-37-15-23-14-36(2,18-37)19-38(16-23,20-37)50-39)26-9-10-28(42-31(26)33(47)48)25-8-7-24-5-4-12-45(29(24)13-25)35(49)44-34-43-32-30(51-34)6-3-11-40-32/h3,6-11,13,17,23H,4-5,12,14-16,18-21,39H2,1-2H3,(H,47,48)(H,40,43,44,49). The van der Waals surface area contributed by atoms with E-state index >= 15 is 0 Å². The summed E-state index contributed by atoms with van der Waals surface area (Å²) in [4.78, 5) is 47.1. The number of fused-ring (bicyclic) bond motifs is 2. The van der Waals surface area contributed by atoms with E-state index in [1.165, 1.54) is 17.8 Å². The fraction of sp³-hybridized carbons (Fsp3) is 0.421. The van der Waals surface area contributed by atoms with Gasteiger partial charge in [0.25, 0.3) is 0 Å². The van der Waals surface area contributed by atoms with Gasteiger partial charge in [0.2, 0.25) is 0 Å². The first-order chi connectivity index (χ1) is 24.5. The Morgan fingerprint density at radius 1 is 1.10 bits per heavy atom. The summed E-state index contributed by atoms with van der Waals surface area (Å²) >= 11 is 1.38. The number of aromatic nitrogens is 5. The maximum atomic E-state index is 13.5. The first-order valence-electron chi connectivity index (χ1n) is 17.6. The number of anilines is 2. The molecule has 4 bridgehead atoms. The number of aryl methyl sites for hydroxylation is 1. The zero-order valence-electron chi connectivity index (χ0n) is 28.7. The van der Waals surface area contributed by atoms with Crippen LogP contribution in [0.3, 0.4) is 0 Å². The molecule has 4 fully saturated rings. The number of hydrogen-bond acceptors (Lipinski definition) is 9. The van der Waals surface area contributed by atoms with Gasteiger partial charge in [-0.25, -0.2) is 25.5 Å². The number of carboxylic acid groups (broad SMARTS) is 1. The van der Waals surface area contributed by atoms with Crippen LogP contribution in [0.4, 0.5) is 15.6 Å². The van der Waals surface area contributed by atoms with Crippen LogP contribution < -0.4 is 16.1 Å². The predicted molar refractivity (Wildman–Crippen MR) is 194 cm³/mol. The van der Waals surface area contributed by atoms with E-state index in [4.69, 9.17) is 15.8 Å². The highest BCUT2D eigenvalue weighted by Crippen LogP contribution is 2.67. The quantitative estimate of drug-likeness (QED) is 0.149. The number of aromatic carboxylic acids is 1. The van der Waals surface area contributed by atoms with Crippen LogP contribution in [0.25, 0.3) is 32.7 Å². The van der Waals surface area contributed by atoms with Crippen molar-refractivity contribution in [1.29, 1.82) is 0 Å². The van der Waals surface area contributed by atoms with Crippen LogP contribution in [0, 0.1) is 23.7 Å². The molecule has 4 N–H and O–H groups in total. The predicted octanol–water partition coefficient (Wildman–Crippen LogP) is 7.23. The Morgan fingerprint density at radius 2 is 1.98 bits per heavy atom. The molecule has 13 heteroatoms. The number of thiazole rings is 1. The average Bonchev–Trinajstić information content (AvgIpc) is 3.68. The van der Waals surface area contributed by atoms with E-state index in [1.807, 2.05) is 54.1 Å². The Hall–Kier alpha value is -4.72. The highest BCUT2D eigenvalue weighted by atomic mass is 32.1. The van der Waals surface area contributed by atoms with Crippen molar-refractivity contribution in [2.24, 2.45) is 22.6 Å². The largest absolute Gasteiger partial charge is 0.476 e. The SMILES string of the molecule is Cc1c(-c2ccc(-c3ccc4c(c3)N(C(=O)Nc3nc5ncccc5s3)CCC4)nc2C(=O)O)cnn1CC12CC3CC(C)(C1)CC(ON)(C3)C2. The number of nitrogens with one attached hydrogen (secondary N) is 1. The Kier molecular flexibility index (Phi) is 7.36. The van der Waals surface area contributed by atoms with Gasteiger partial charge < -0.3 is 5.11 Å². The summed E-state index contributed by atoms with van der Waals surface area (Å²) in [5.74, 6) is 5.42. The van der Waals surface area contributed by atoms with Crippen molar-refractivity contribution in [1.82, 2.24) is 24.7 Å². The van der Waals surface area contributed by atoms with Gasteiger partial charge in [-0.3, -0.25) is 19.7 Å². The first kappa shape index (κ1) is 32.2. The van der Waals surface area contributed by atoms with Crippen molar-refractivity contribution in [3.05, 3.63) is 71.8 Å². The molecule has 10 rings (SSSR count). The van der Waals surface area contributed by atoms with Crippen molar-refractivity contribution in [3.63, 3.8) is 0 Å². The van der Waals surface area contributed by atoms with E-state index < -0.39 is 5.97 Å². The summed E-state index contributed by atoms with van der Waals surface area (Å²) in [6.45, 7) is 5.68. The molecule has 1 aromatic carbocycles. The maximum Gasteiger partial charge on any atom is 0.355 e. The minimum absolute atomic E-state index is 0.0373. The minimum Gasteiger partial charge on any atom is -0.476 e. The Labute approximate surface area is 299 Å². The molecule has 5 aliphatic rings. The summed E-state index contributed by atoms with van der Waals surface area (Å²) in [6, 6.07) is 13.0. The molecule has 0 radical (unpaired) electrons. The molecule has 4 saturated carbocycles. The van der Waals surface area contributed by atoms with Gasteiger partial charge in [-0.1, -0.05) is 30.4 Å². The monoisotopic (exact) mass is 704 g/mol. The topological polar surface area (TPSA) is 161 Å². The smallest absolute Gasteiger partial charge is 0.355 e. The summed E-state index contributed by atoms with van der Waals surface area (Å²) in [6.07, 6.45) is 11.6. The van der Waals surface area contributed by atoms with Crippen LogP contribution in [0.1, 0.15) is 73.6 Å². The van der Waals surface area contributed by atoms with Crippen molar-refractivity contribution in [3.8, 4) is 22.4 Å². The molecular formula is C38H40N8O4S. The van der Waals surface area contributed by atoms with Gasteiger partial charge in [0.15, 0.2) is 16.5 Å². The Balaban J connectivity index is 0.995. The number of urea groups is 1. The lowest BCUT2D eigenvalue weighted by Crippen LogP contribution is -2.62. The molecule has 51 heavy (non-hydrogen) atoms. The number of benzene rings is 1. The zero-order chi connectivity index (χ0) is 35.1. The Morgan fingerprint density at radius 3 is 2.78 bits per heavy atom. The van der Waals surface area contributed by atoms with Gasteiger partial charge in [0.05, 0.1) is 22.2 Å². The summed E-state index contributed by atoms with van der Waals surface area (Å²) in [7, 11) is 0. The van der Waals surface area contributed by atoms with Crippen LogP contribution in [0.2, 0.25) is 0 Å². The molecule has 1 aliphatic heterocycles. The number of nitrogens with zero attached hydrogens (tertiary/aromatic N) is 6. The van der Waals surface area contributed by atoms with E-state index in [0.717, 1.165) is 84.3 Å². The summed E-state index contributed by atoms with van der Waals surface area (Å²) in [5.41, 5.74) is 5.80. The third-order valence-electron chi connectivity index (χ3n) is 11.8. The molecule has 5 heterocycles. The molecule has 0 spiro atoms. The molecule has 5 aromatic rings. The second-order valence-electron chi connectivity index (χ2n) is 15.7. The van der Waals surface area contributed by atoms with Crippen LogP contribution >= 0.6 is 11.3 Å². The van der Waals surface area contributed by atoms with Crippen molar-refractivity contribution in [2.45, 2.75) is 77.4 Å². The van der Waals surface area contributed by atoms with Crippen LogP contribution in [-0.2, 0) is 17.8 Å². The molecule has 4 atom stereocenters. The van der Waals surface area contributed by atoms with Crippen LogP contribution in [0.5, 0.6) is 0 Å². The lowest BCUT2D eigenvalue weighted by atomic mass is 9.43. The molecule has 4 unspecified atom stereocenters. The van der Waals surface area contributed by atoms with Crippen molar-refractivity contribution < 1.29 is 19.5 Å². The fourth-order valence-corrected chi connectivity index (χ4v) is 11.3. The number of rotatable bonds is 7. The third kappa shape index (κ3) is 5.49. The number of amides is 2. The minimum atomic E-state index is -1.11. The highest BCUT2D eigenvalue weighted by Gasteiger charge is 2.62. The van der Waals surface area contributed by atoms with Gasteiger partial charge in [-0.05, 0) is 111 Å². The van der Waals surface area contributed by atoms with E-state index in [-0.39, 0.29) is 28.2 Å².